The zero-order valence-electron chi connectivity index (χ0n) is 17.3. The first kappa shape index (κ1) is 21.1. The molecule has 3 unspecified atom stereocenters. The quantitative estimate of drug-likeness (QED) is 0.684. The number of hydrogen-bond acceptors (Lipinski definition) is 4. The van der Waals surface area contributed by atoms with Gasteiger partial charge in [0, 0.05) is 19.3 Å². The molecule has 1 amide bonds. The van der Waals surface area contributed by atoms with Crippen molar-refractivity contribution in [1.82, 2.24) is 29.3 Å². The van der Waals surface area contributed by atoms with E-state index in [1.54, 1.807) is 32.2 Å². The number of nitrogens with zero attached hydrogens (tertiary/aromatic N) is 5. The van der Waals surface area contributed by atoms with Crippen LogP contribution in [0.4, 0.5) is 13.2 Å². The van der Waals surface area contributed by atoms with Crippen molar-refractivity contribution in [2.45, 2.75) is 33.4 Å². The SMILES string of the molecule is CCC1CN(C(=O)c2cnn(-c3nn4cccc4c(=O)[nH]3)c2C)CC(C)C1C(F)(F)F. The second kappa shape index (κ2) is 7.54. The van der Waals surface area contributed by atoms with Gasteiger partial charge in [-0.15, -0.1) is 5.10 Å². The van der Waals surface area contributed by atoms with Crippen LogP contribution in [0.1, 0.15) is 36.3 Å². The molecule has 3 aromatic rings. The summed E-state index contributed by atoms with van der Waals surface area (Å²) in [5, 5.41) is 8.49. The lowest BCUT2D eigenvalue weighted by Gasteiger charge is -2.43. The summed E-state index contributed by atoms with van der Waals surface area (Å²) < 4.78 is 43.3. The molecule has 3 aromatic heterocycles. The van der Waals surface area contributed by atoms with Gasteiger partial charge in [0.1, 0.15) is 5.52 Å². The zero-order chi connectivity index (χ0) is 22.5. The van der Waals surface area contributed by atoms with Gasteiger partial charge in [0.15, 0.2) is 0 Å². The molecule has 8 nitrogen and oxygen atoms in total. The van der Waals surface area contributed by atoms with Crippen molar-refractivity contribution in [3.05, 3.63) is 46.1 Å². The van der Waals surface area contributed by atoms with Crippen LogP contribution in [0.25, 0.3) is 11.5 Å². The van der Waals surface area contributed by atoms with Crippen molar-refractivity contribution in [1.29, 1.82) is 0 Å². The van der Waals surface area contributed by atoms with E-state index in [4.69, 9.17) is 0 Å². The fraction of sp³-hybridized carbons (Fsp3) is 0.500. The highest BCUT2D eigenvalue weighted by Gasteiger charge is 2.50. The maximum Gasteiger partial charge on any atom is 0.392 e. The molecule has 0 bridgehead atoms. The molecule has 31 heavy (non-hydrogen) atoms. The Kier molecular flexibility index (Phi) is 5.14. The Bertz CT molecular complexity index is 1180. The van der Waals surface area contributed by atoms with Gasteiger partial charge in [-0.05, 0) is 30.9 Å². The van der Waals surface area contributed by atoms with Gasteiger partial charge in [-0.25, -0.2) is 9.20 Å². The van der Waals surface area contributed by atoms with Gasteiger partial charge in [0.2, 0.25) is 5.95 Å². The van der Waals surface area contributed by atoms with Crippen LogP contribution in [0.15, 0.2) is 29.3 Å². The summed E-state index contributed by atoms with van der Waals surface area (Å²) in [7, 11) is 0. The minimum atomic E-state index is -4.29. The highest BCUT2D eigenvalue weighted by atomic mass is 19.4. The number of nitrogens with one attached hydrogen (secondary N) is 1. The molecule has 4 heterocycles. The normalized spacial score (nSPS) is 22.3. The lowest BCUT2D eigenvalue weighted by molar-refractivity contribution is -0.213. The van der Waals surface area contributed by atoms with Crippen molar-refractivity contribution >= 4 is 11.4 Å². The van der Waals surface area contributed by atoms with Gasteiger partial charge in [-0.3, -0.25) is 14.6 Å². The van der Waals surface area contributed by atoms with E-state index in [0.29, 0.717) is 17.6 Å². The summed E-state index contributed by atoms with van der Waals surface area (Å²) in [4.78, 5) is 29.5. The van der Waals surface area contributed by atoms with E-state index in [1.807, 2.05) is 0 Å². The average molecular weight is 436 g/mol. The van der Waals surface area contributed by atoms with E-state index in [9.17, 15) is 22.8 Å². The maximum absolute atomic E-state index is 13.5. The third-order valence-corrected chi connectivity index (χ3v) is 6.10. The molecule has 1 fully saturated rings. The summed E-state index contributed by atoms with van der Waals surface area (Å²) in [5.74, 6) is -3.02. The molecular formula is C20H23F3N6O2. The highest BCUT2D eigenvalue weighted by Crippen LogP contribution is 2.42. The Morgan fingerprint density at radius 2 is 2.06 bits per heavy atom. The maximum atomic E-state index is 13.5. The molecule has 3 atom stereocenters. The van der Waals surface area contributed by atoms with Gasteiger partial charge in [0.05, 0.1) is 23.4 Å². The molecule has 166 valence electrons. The number of carbonyl (C=O) groups is 1. The Balaban J connectivity index is 1.63. The summed E-state index contributed by atoms with van der Waals surface area (Å²) in [6, 6.07) is 3.30. The zero-order valence-corrected chi connectivity index (χ0v) is 17.3. The Labute approximate surface area is 175 Å². The van der Waals surface area contributed by atoms with E-state index in [2.05, 4.69) is 15.2 Å². The number of likely N-dealkylation sites (tertiary alicyclic amines) is 1. The van der Waals surface area contributed by atoms with E-state index >= 15 is 0 Å². The molecule has 1 N–H and O–H groups in total. The van der Waals surface area contributed by atoms with Gasteiger partial charge in [0.25, 0.3) is 11.5 Å². The minimum Gasteiger partial charge on any atom is -0.338 e. The van der Waals surface area contributed by atoms with Crippen LogP contribution < -0.4 is 5.56 Å². The fourth-order valence-electron chi connectivity index (χ4n) is 4.57. The van der Waals surface area contributed by atoms with Gasteiger partial charge in [-0.1, -0.05) is 20.3 Å². The molecule has 0 aliphatic carbocycles. The summed E-state index contributed by atoms with van der Waals surface area (Å²) in [6.07, 6.45) is -0.974. The van der Waals surface area contributed by atoms with Crippen LogP contribution in [0.3, 0.4) is 0 Å². The summed E-state index contributed by atoms with van der Waals surface area (Å²) >= 11 is 0. The van der Waals surface area contributed by atoms with E-state index in [-0.39, 0.29) is 36.1 Å². The first-order valence-corrected chi connectivity index (χ1v) is 10.1. The molecule has 11 heteroatoms. The number of hydrogen-bond donors (Lipinski definition) is 1. The molecule has 0 aromatic carbocycles. The van der Waals surface area contributed by atoms with Crippen molar-refractivity contribution in [3.8, 4) is 5.95 Å². The Morgan fingerprint density at radius 3 is 2.74 bits per heavy atom. The monoisotopic (exact) mass is 436 g/mol. The number of aromatic nitrogens is 5. The molecule has 1 aliphatic rings. The first-order chi connectivity index (χ1) is 14.6. The standard InChI is InChI=1S/C20H23F3N6O2/c1-4-13-10-27(9-11(2)16(13)20(21,22)23)18(31)14-8-24-29(12(14)3)19-25-17(30)15-6-5-7-28(15)26-19/h5-8,11,13,16H,4,9-10H2,1-3H3,(H,25,26,30). The van der Waals surface area contributed by atoms with Gasteiger partial charge in [-0.2, -0.15) is 18.3 Å². The highest BCUT2D eigenvalue weighted by molar-refractivity contribution is 5.95. The summed E-state index contributed by atoms with van der Waals surface area (Å²) in [6.45, 7) is 4.97. The molecule has 0 spiro atoms. The fourth-order valence-corrected chi connectivity index (χ4v) is 4.57. The third kappa shape index (κ3) is 3.61. The second-order valence-electron chi connectivity index (χ2n) is 8.09. The van der Waals surface area contributed by atoms with Crippen LogP contribution in [0.2, 0.25) is 0 Å². The van der Waals surface area contributed by atoms with Gasteiger partial charge >= 0.3 is 6.18 Å². The Hall–Kier alpha value is -3.11. The van der Waals surface area contributed by atoms with Crippen LogP contribution in [0, 0.1) is 24.7 Å². The Morgan fingerprint density at radius 1 is 1.32 bits per heavy atom. The number of amides is 1. The predicted molar refractivity (Wildman–Crippen MR) is 106 cm³/mol. The lowest BCUT2D eigenvalue weighted by atomic mass is 9.76. The van der Waals surface area contributed by atoms with Crippen molar-refractivity contribution < 1.29 is 18.0 Å². The predicted octanol–water partition coefficient (Wildman–Crippen LogP) is 2.81. The second-order valence-corrected chi connectivity index (χ2v) is 8.09. The first-order valence-electron chi connectivity index (χ1n) is 10.1. The molecule has 0 radical (unpaired) electrons. The summed E-state index contributed by atoms with van der Waals surface area (Å²) in [5.41, 5.74) is 0.727. The van der Waals surface area contributed by atoms with Crippen LogP contribution in [-0.2, 0) is 0 Å². The molecule has 4 rings (SSSR count). The van der Waals surface area contributed by atoms with Crippen molar-refractivity contribution in [3.63, 3.8) is 0 Å². The number of piperidine rings is 1. The van der Waals surface area contributed by atoms with Crippen LogP contribution in [-0.4, -0.2) is 54.5 Å². The molecule has 0 saturated carbocycles. The number of halogens is 3. The van der Waals surface area contributed by atoms with E-state index in [0.717, 1.165) is 0 Å². The van der Waals surface area contributed by atoms with Crippen LogP contribution >= 0.6 is 0 Å². The smallest absolute Gasteiger partial charge is 0.338 e. The number of H-pyrrole nitrogens is 1. The number of fused-ring (bicyclic) bond motifs is 1. The lowest BCUT2D eigenvalue weighted by Crippen LogP contribution is -2.52. The molecule has 1 saturated heterocycles. The van der Waals surface area contributed by atoms with E-state index in [1.165, 1.54) is 27.2 Å². The van der Waals surface area contributed by atoms with Crippen molar-refractivity contribution in [2.24, 2.45) is 17.8 Å². The van der Waals surface area contributed by atoms with Gasteiger partial charge < -0.3 is 4.90 Å². The number of carbonyl (C=O) groups excluding carboxylic acids is 1. The van der Waals surface area contributed by atoms with E-state index < -0.39 is 23.9 Å². The molecular weight excluding hydrogens is 413 g/mol. The topological polar surface area (TPSA) is 88.3 Å². The minimum absolute atomic E-state index is 0.0224. The number of aromatic amines is 1. The number of alkyl halides is 3. The van der Waals surface area contributed by atoms with Crippen LogP contribution in [0.5, 0.6) is 0 Å². The largest absolute Gasteiger partial charge is 0.392 e. The third-order valence-electron chi connectivity index (χ3n) is 6.10. The number of rotatable bonds is 3. The van der Waals surface area contributed by atoms with Crippen molar-refractivity contribution in [2.75, 3.05) is 13.1 Å². The molecule has 1 aliphatic heterocycles. The average Bonchev–Trinajstić information content (AvgIpc) is 3.32.